The zero-order chi connectivity index (χ0) is 28.8. The number of halogens is 2. The number of ketones is 1. The van der Waals surface area contributed by atoms with Crippen molar-refractivity contribution in [3.8, 4) is 6.07 Å². The second-order valence-electron chi connectivity index (χ2n) is 11.3. The highest BCUT2D eigenvalue weighted by atomic mass is 127. The van der Waals surface area contributed by atoms with Gasteiger partial charge in [0, 0.05) is 42.6 Å². The van der Waals surface area contributed by atoms with E-state index in [4.69, 9.17) is 17.3 Å². The average molecular weight is 680 g/mol. The van der Waals surface area contributed by atoms with Crippen LogP contribution in [0.4, 0.5) is 5.69 Å². The lowest BCUT2D eigenvalue weighted by molar-refractivity contribution is -0.118. The molecular weight excluding hydrogens is 649 g/mol. The molecule has 3 aromatic rings. The smallest absolute Gasteiger partial charge is 0.162 e. The predicted octanol–water partition coefficient (Wildman–Crippen LogP) is 8.79. The van der Waals surface area contributed by atoms with Crippen LogP contribution >= 0.6 is 46.0 Å². The Morgan fingerprint density at radius 3 is 2.40 bits per heavy atom. The van der Waals surface area contributed by atoms with Crippen molar-refractivity contribution in [3.05, 3.63) is 114 Å². The molecule has 1 atom stereocenters. The Morgan fingerprint density at radius 1 is 1.07 bits per heavy atom. The van der Waals surface area contributed by atoms with E-state index in [1.54, 1.807) is 11.8 Å². The fourth-order valence-corrected chi connectivity index (χ4v) is 7.23. The quantitative estimate of drug-likeness (QED) is 0.216. The molecule has 4 nitrogen and oxygen atoms in total. The van der Waals surface area contributed by atoms with E-state index in [0.717, 1.165) is 36.7 Å². The maximum absolute atomic E-state index is 14.0. The van der Waals surface area contributed by atoms with Gasteiger partial charge in [-0.2, -0.15) is 5.26 Å². The van der Waals surface area contributed by atoms with E-state index in [2.05, 4.69) is 68.5 Å². The van der Waals surface area contributed by atoms with Crippen LogP contribution in [0.5, 0.6) is 0 Å². The number of hydrogen-bond donors (Lipinski definition) is 1. The number of thioether (sulfide) groups is 1. The first-order valence-electron chi connectivity index (χ1n) is 13.2. The zero-order valence-corrected chi connectivity index (χ0v) is 26.7. The Labute approximate surface area is 259 Å². The Bertz CT molecular complexity index is 1600. The molecule has 1 aliphatic carbocycles. The molecule has 0 fully saturated rings. The average Bonchev–Trinajstić information content (AvgIpc) is 2.89. The first-order chi connectivity index (χ1) is 19.0. The summed E-state index contributed by atoms with van der Waals surface area (Å²) in [7, 11) is 0. The maximum Gasteiger partial charge on any atom is 0.162 e. The number of nitrogens with two attached hydrogens (primary N) is 1. The minimum Gasteiger partial charge on any atom is -0.384 e. The van der Waals surface area contributed by atoms with Crippen molar-refractivity contribution in [1.29, 1.82) is 5.26 Å². The first-order valence-corrected chi connectivity index (χ1v) is 15.6. The number of benzene rings is 3. The fraction of sp³-hybridized carbons (Fsp3) is 0.273. The van der Waals surface area contributed by atoms with Crippen LogP contribution in [0.2, 0.25) is 5.02 Å². The number of carbonyl (C=O) groups is 1. The molecule has 3 aromatic carbocycles. The van der Waals surface area contributed by atoms with Crippen LogP contribution in [0.15, 0.2) is 88.2 Å². The summed E-state index contributed by atoms with van der Waals surface area (Å²) >= 11 is 10.1. The molecule has 1 unspecified atom stereocenters. The highest BCUT2D eigenvalue weighted by molar-refractivity contribution is 14.1. The molecule has 1 heterocycles. The third kappa shape index (κ3) is 5.57. The van der Waals surface area contributed by atoms with E-state index in [1.807, 2.05) is 53.4 Å². The standard InChI is InChI=1S/C33H31ClIN3OS/c1-19-13-20(2)26(14-21(19)18-40-25-11-5-22(34)6-12-25)30-27(17-36)32(37)38(24-9-7-23(35)8-10-24)28-15-33(3,4)16-29(39)31(28)30/h5-14,30H,15-16,18,37H2,1-4H3. The minimum absolute atomic E-state index is 0.0871. The molecular formula is C33H31ClIN3OS. The molecule has 7 heteroatoms. The number of rotatable bonds is 5. The Morgan fingerprint density at radius 2 is 1.75 bits per heavy atom. The summed E-state index contributed by atoms with van der Waals surface area (Å²) in [5, 5.41) is 11.2. The normalized spacial score (nSPS) is 18.6. The number of nitrogens with zero attached hydrogens (tertiary/aromatic N) is 2. The molecule has 1 aliphatic heterocycles. The highest BCUT2D eigenvalue weighted by Crippen LogP contribution is 2.51. The molecule has 0 aromatic heterocycles. The molecule has 2 aliphatic rings. The van der Waals surface area contributed by atoms with Crippen LogP contribution in [-0.4, -0.2) is 5.78 Å². The fourth-order valence-electron chi connectivity index (χ4n) is 5.78. The van der Waals surface area contributed by atoms with Gasteiger partial charge in [-0.3, -0.25) is 9.69 Å². The monoisotopic (exact) mass is 679 g/mol. The van der Waals surface area contributed by atoms with E-state index in [9.17, 15) is 10.1 Å². The molecule has 0 amide bonds. The van der Waals surface area contributed by atoms with Gasteiger partial charge in [-0.25, -0.2) is 0 Å². The molecule has 0 saturated heterocycles. The Hall–Kier alpha value is -2.73. The summed E-state index contributed by atoms with van der Waals surface area (Å²) in [5.41, 5.74) is 13.9. The minimum atomic E-state index is -0.497. The lowest BCUT2D eigenvalue weighted by Gasteiger charge is -2.44. The molecule has 0 saturated carbocycles. The molecule has 0 spiro atoms. The lowest BCUT2D eigenvalue weighted by atomic mass is 9.68. The number of allylic oxidation sites excluding steroid dienone is 3. The van der Waals surface area contributed by atoms with E-state index >= 15 is 0 Å². The number of carbonyl (C=O) groups excluding carboxylic acids is 1. The molecule has 0 bridgehead atoms. The van der Waals surface area contributed by atoms with Gasteiger partial charge < -0.3 is 5.73 Å². The largest absolute Gasteiger partial charge is 0.384 e. The maximum atomic E-state index is 14.0. The van der Waals surface area contributed by atoms with E-state index in [0.29, 0.717) is 34.8 Å². The second kappa shape index (κ2) is 11.3. The summed E-state index contributed by atoms with van der Waals surface area (Å²) in [6.45, 7) is 8.42. The summed E-state index contributed by atoms with van der Waals surface area (Å²) < 4.78 is 1.10. The number of nitriles is 1. The van der Waals surface area contributed by atoms with Crippen molar-refractivity contribution in [1.82, 2.24) is 0 Å². The van der Waals surface area contributed by atoms with E-state index in [1.165, 1.54) is 11.1 Å². The van der Waals surface area contributed by atoms with Gasteiger partial charge in [0.05, 0.1) is 17.6 Å². The molecule has 2 N–H and O–H groups in total. The van der Waals surface area contributed by atoms with Crippen molar-refractivity contribution < 1.29 is 4.79 Å². The van der Waals surface area contributed by atoms with Crippen molar-refractivity contribution in [3.63, 3.8) is 0 Å². The molecule has 40 heavy (non-hydrogen) atoms. The van der Waals surface area contributed by atoms with Crippen LogP contribution in [0, 0.1) is 34.2 Å². The van der Waals surface area contributed by atoms with Gasteiger partial charge in [0.1, 0.15) is 5.82 Å². The lowest BCUT2D eigenvalue weighted by Crippen LogP contribution is -2.42. The van der Waals surface area contributed by atoms with Crippen LogP contribution in [-0.2, 0) is 10.5 Å². The van der Waals surface area contributed by atoms with Gasteiger partial charge in [0.2, 0.25) is 0 Å². The van der Waals surface area contributed by atoms with Gasteiger partial charge in [0.25, 0.3) is 0 Å². The summed E-state index contributed by atoms with van der Waals surface area (Å²) in [4.78, 5) is 17.0. The summed E-state index contributed by atoms with van der Waals surface area (Å²) in [6.07, 6.45) is 1.13. The first kappa shape index (κ1) is 28.8. The summed E-state index contributed by atoms with van der Waals surface area (Å²) in [5.74, 6) is 0.749. The number of hydrogen-bond acceptors (Lipinski definition) is 5. The third-order valence-corrected chi connectivity index (χ3v) is 9.74. The Kier molecular flexibility index (Phi) is 8.11. The number of Topliss-reactive ketones (excluding diaryl/α,β-unsaturated/α-hetero) is 1. The van der Waals surface area contributed by atoms with Gasteiger partial charge in [-0.05, 0) is 119 Å². The number of anilines is 1. The third-order valence-electron chi connectivity index (χ3n) is 7.71. The predicted molar refractivity (Wildman–Crippen MR) is 173 cm³/mol. The van der Waals surface area contributed by atoms with Gasteiger partial charge >= 0.3 is 0 Å². The second-order valence-corrected chi connectivity index (χ2v) is 14.1. The van der Waals surface area contributed by atoms with Crippen LogP contribution < -0.4 is 10.6 Å². The summed E-state index contributed by atoms with van der Waals surface area (Å²) in [6, 6.07) is 22.7. The van der Waals surface area contributed by atoms with Crippen molar-refractivity contribution in [2.45, 2.75) is 57.1 Å². The molecule has 0 radical (unpaired) electrons. The topological polar surface area (TPSA) is 70.1 Å². The van der Waals surface area contributed by atoms with E-state index in [-0.39, 0.29) is 11.2 Å². The van der Waals surface area contributed by atoms with Crippen molar-refractivity contribution in [2.75, 3.05) is 4.90 Å². The van der Waals surface area contributed by atoms with Gasteiger partial charge in [-0.15, -0.1) is 11.8 Å². The van der Waals surface area contributed by atoms with E-state index < -0.39 is 5.92 Å². The van der Waals surface area contributed by atoms with Crippen molar-refractivity contribution in [2.24, 2.45) is 11.1 Å². The number of aryl methyl sites for hydroxylation is 2. The van der Waals surface area contributed by atoms with Crippen molar-refractivity contribution >= 4 is 57.4 Å². The van der Waals surface area contributed by atoms with Crippen LogP contribution in [0.1, 0.15) is 54.9 Å². The molecule has 204 valence electrons. The molecule has 5 rings (SSSR count). The van der Waals surface area contributed by atoms with Crippen LogP contribution in [0.3, 0.4) is 0 Å². The Balaban J connectivity index is 1.65. The van der Waals surface area contributed by atoms with Gasteiger partial charge in [0.15, 0.2) is 5.78 Å². The van der Waals surface area contributed by atoms with Gasteiger partial charge in [-0.1, -0.05) is 37.6 Å². The SMILES string of the molecule is Cc1cc(C)c(C2C(C#N)=C(N)N(c3ccc(I)cc3)C3=C2C(=O)CC(C)(C)C3)cc1CSc1ccc(Cl)cc1. The highest BCUT2D eigenvalue weighted by Gasteiger charge is 2.45. The zero-order valence-electron chi connectivity index (χ0n) is 23.0. The van der Waals surface area contributed by atoms with Crippen LogP contribution in [0.25, 0.3) is 0 Å².